The van der Waals surface area contributed by atoms with Crippen LogP contribution in [0.2, 0.25) is 0 Å². The van der Waals surface area contributed by atoms with Gasteiger partial charge in [-0.15, -0.1) is 0 Å². The fourth-order valence-electron chi connectivity index (χ4n) is 3.04. The van der Waals surface area contributed by atoms with Gasteiger partial charge in [0.25, 0.3) is 0 Å². The molecule has 1 aliphatic rings. The van der Waals surface area contributed by atoms with E-state index in [0.29, 0.717) is 6.54 Å². The lowest BCUT2D eigenvalue weighted by Crippen LogP contribution is -2.46. The second-order valence-corrected chi connectivity index (χ2v) is 8.16. The van der Waals surface area contributed by atoms with Gasteiger partial charge in [-0.1, -0.05) is 31.2 Å². The molecule has 2 N–H and O–H groups in total. The van der Waals surface area contributed by atoms with Crippen molar-refractivity contribution >= 4 is 9.84 Å². The molecule has 0 saturated heterocycles. The van der Waals surface area contributed by atoms with Crippen LogP contribution < -0.4 is 5.32 Å². The first-order valence-electron chi connectivity index (χ1n) is 6.98. The van der Waals surface area contributed by atoms with Crippen LogP contribution in [0.25, 0.3) is 0 Å². The maximum atomic E-state index is 11.3. The van der Waals surface area contributed by atoms with Crippen LogP contribution in [0.1, 0.15) is 24.5 Å². The number of aryl methyl sites for hydroxylation is 1. The highest BCUT2D eigenvalue weighted by molar-refractivity contribution is 7.90. The summed E-state index contributed by atoms with van der Waals surface area (Å²) in [7, 11) is -2.96. The van der Waals surface area contributed by atoms with Crippen LogP contribution in [0.4, 0.5) is 0 Å². The first-order valence-corrected chi connectivity index (χ1v) is 9.04. The van der Waals surface area contributed by atoms with Crippen molar-refractivity contribution in [3.8, 4) is 0 Å². The van der Waals surface area contributed by atoms with E-state index in [1.54, 1.807) is 0 Å². The number of fused-ring (bicyclic) bond motifs is 1. The molecular formula is C15H23NO3S. The molecule has 5 heteroatoms. The van der Waals surface area contributed by atoms with Gasteiger partial charge in [0.15, 0.2) is 0 Å². The molecule has 0 radical (unpaired) electrons. The predicted molar refractivity (Wildman–Crippen MR) is 80.4 cm³/mol. The third kappa shape index (κ3) is 3.40. The molecule has 0 spiro atoms. The van der Waals surface area contributed by atoms with Crippen LogP contribution >= 0.6 is 0 Å². The van der Waals surface area contributed by atoms with E-state index in [-0.39, 0.29) is 18.3 Å². The number of aliphatic hydroxyl groups excluding tert-OH is 1. The zero-order valence-corrected chi connectivity index (χ0v) is 12.9. The normalized spacial score (nSPS) is 23.6. The van der Waals surface area contributed by atoms with Gasteiger partial charge in [0.05, 0.1) is 17.9 Å². The maximum absolute atomic E-state index is 11.3. The van der Waals surface area contributed by atoms with Crippen molar-refractivity contribution in [2.24, 2.45) is 5.92 Å². The highest BCUT2D eigenvalue weighted by Crippen LogP contribution is 2.36. The molecule has 0 bridgehead atoms. The predicted octanol–water partition coefficient (Wildman–Crippen LogP) is 1.09. The Hall–Kier alpha value is -0.910. The average Bonchev–Trinajstić information content (AvgIpc) is 2.74. The van der Waals surface area contributed by atoms with Gasteiger partial charge in [0.1, 0.15) is 9.84 Å². The van der Waals surface area contributed by atoms with Crippen LogP contribution in [0.15, 0.2) is 24.3 Å². The minimum Gasteiger partial charge on any atom is -0.394 e. The minimum atomic E-state index is -2.96. The Labute approximate surface area is 121 Å². The second kappa shape index (κ2) is 5.84. The Morgan fingerprint density at radius 2 is 2.10 bits per heavy atom. The summed E-state index contributed by atoms with van der Waals surface area (Å²) in [5, 5.41) is 13.2. The number of hydrogen-bond donors (Lipinski definition) is 2. The molecule has 112 valence electrons. The van der Waals surface area contributed by atoms with Gasteiger partial charge in [-0.3, -0.25) is 0 Å². The largest absolute Gasteiger partial charge is 0.394 e. The van der Waals surface area contributed by atoms with Crippen molar-refractivity contribution in [1.82, 2.24) is 5.32 Å². The summed E-state index contributed by atoms with van der Waals surface area (Å²) >= 11 is 0. The van der Waals surface area contributed by atoms with Crippen LogP contribution in [-0.2, 0) is 21.8 Å². The number of benzene rings is 1. The average molecular weight is 297 g/mol. The molecule has 0 aliphatic heterocycles. The van der Waals surface area contributed by atoms with E-state index in [0.717, 1.165) is 18.4 Å². The third-order valence-corrected chi connectivity index (χ3v) is 5.17. The van der Waals surface area contributed by atoms with E-state index in [9.17, 15) is 13.5 Å². The van der Waals surface area contributed by atoms with Gasteiger partial charge in [0.2, 0.25) is 0 Å². The molecule has 0 saturated carbocycles. The van der Waals surface area contributed by atoms with Crippen molar-refractivity contribution < 1.29 is 13.5 Å². The van der Waals surface area contributed by atoms with E-state index in [1.165, 1.54) is 11.8 Å². The monoisotopic (exact) mass is 297 g/mol. The second-order valence-electron chi connectivity index (χ2n) is 5.98. The Balaban J connectivity index is 2.07. The fourth-order valence-corrected chi connectivity index (χ4v) is 4.19. The van der Waals surface area contributed by atoms with Crippen LogP contribution in [0, 0.1) is 5.92 Å². The third-order valence-electron chi connectivity index (χ3n) is 4.00. The number of hydrogen-bond acceptors (Lipinski definition) is 4. The molecule has 2 rings (SSSR count). The molecule has 0 amide bonds. The molecule has 2 unspecified atom stereocenters. The number of sulfone groups is 1. The summed E-state index contributed by atoms with van der Waals surface area (Å²) in [6.45, 7) is 2.54. The molecule has 1 aliphatic carbocycles. The molecule has 4 nitrogen and oxygen atoms in total. The molecule has 0 heterocycles. The van der Waals surface area contributed by atoms with Crippen LogP contribution in [-0.4, -0.2) is 38.7 Å². The van der Waals surface area contributed by atoms with E-state index in [1.807, 2.05) is 25.1 Å². The molecule has 20 heavy (non-hydrogen) atoms. The zero-order valence-electron chi connectivity index (χ0n) is 12.1. The van der Waals surface area contributed by atoms with Gasteiger partial charge in [-0.05, 0) is 36.4 Å². The lowest BCUT2D eigenvalue weighted by Gasteiger charge is -2.31. The van der Waals surface area contributed by atoms with Gasteiger partial charge < -0.3 is 10.4 Å². The zero-order chi connectivity index (χ0) is 14.8. The molecule has 1 aromatic carbocycles. The highest BCUT2D eigenvalue weighted by Gasteiger charge is 2.37. The van der Waals surface area contributed by atoms with E-state index in [2.05, 4.69) is 11.4 Å². The summed E-state index contributed by atoms with van der Waals surface area (Å²) in [6.07, 6.45) is 3.06. The molecule has 1 aromatic rings. The summed E-state index contributed by atoms with van der Waals surface area (Å²) < 4.78 is 22.6. The van der Waals surface area contributed by atoms with E-state index in [4.69, 9.17) is 0 Å². The van der Waals surface area contributed by atoms with Gasteiger partial charge >= 0.3 is 0 Å². The van der Waals surface area contributed by atoms with Crippen molar-refractivity contribution in [3.05, 3.63) is 35.4 Å². The lowest BCUT2D eigenvalue weighted by atomic mass is 9.92. The topological polar surface area (TPSA) is 66.4 Å². The number of rotatable bonds is 6. The lowest BCUT2D eigenvalue weighted by molar-refractivity contribution is 0.156. The molecule has 0 fully saturated rings. The Kier molecular flexibility index (Phi) is 4.52. The van der Waals surface area contributed by atoms with Gasteiger partial charge in [-0.25, -0.2) is 8.42 Å². The molecule has 2 atom stereocenters. The first-order chi connectivity index (χ1) is 9.36. The van der Waals surface area contributed by atoms with Crippen molar-refractivity contribution in [3.63, 3.8) is 0 Å². The summed E-state index contributed by atoms with van der Waals surface area (Å²) in [5.41, 5.74) is 2.00. The van der Waals surface area contributed by atoms with Crippen molar-refractivity contribution in [2.45, 2.75) is 25.3 Å². The Bertz CT molecular complexity index is 570. The highest BCUT2D eigenvalue weighted by atomic mass is 32.2. The van der Waals surface area contributed by atoms with E-state index >= 15 is 0 Å². The summed E-state index contributed by atoms with van der Waals surface area (Å²) in [6, 6.07) is 8.13. The molecular weight excluding hydrogens is 274 g/mol. The number of nitrogens with one attached hydrogen (secondary N) is 1. The maximum Gasteiger partial charge on any atom is 0.147 e. The SMILES string of the molecule is CC(CNC1(CO)CCc2ccccc21)CS(C)(=O)=O. The summed E-state index contributed by atoms with van der Waals surface area (Å²) in [5.74, 6) is 0.199. The van der Waals surface area contributed by atoms with Crippen molar-refractivity contribution in [2.75, 3.05) is 25.2 Å². The first kappa shape index (κ1) is 15.5. The van der Waals surface area contributed by atoms with E-state index < -0.39 is 15.4 Å². The summed E-state index contributed by atoms with van der Waals surface area (Å²) in [4.78, 5) is 0. The smallest absolute Gasteiger partial charge is 0.147 e. The van der Waals surface area contributed by atoms with Crippen LogP contribution in [0.3, 0.4) is 0 Å². The standard InChI is InChI=1S/C15H23NO3S/c1-12(10-20(2,18)19)9-16-15(11-17)8-7-13-5-3-4-6-14(13)15/h3-6,12,16-17H,7-11H2,1-2H3. The fraction of sp³-hybridized carbons (Fsp3) is 0.600. The Morgan fingerprint density at radius 1 is 1.40 bits per heavy atom. The quantitative estimate of drug-likeness (QED) is 0.825. The Morgan fingerprint density at radius 3 is 2.75 bits per heavy atom. The molecule has 0 aromatic heterocycles. The minimum absolute atomic E-state index is 0.0289. The van der Waals surface area contributed by atoms with Crippen LogP contribution in [0.5, 0.6) is 0 Å². The van der Waals surface area contributed by atoms with Gasteiger partial charge in [-0.2, -0.15) is 0 Å². The number of aliphatic hydroxyl groups is 1. The van der Waals surface area contributed by atoms with Gasteiger partial charge in [0, 0.05) is 6.26 Å². The van der Waals surface area contributed by atoms with Crippen molar-refractivity contribution in [1.29, 1.82) is 0 Å².